The van der Waals surface area contributed by atoms with Crippen molar-refractivity contribution in [2.75, 3.05) is 17.2 Å². The number of nitriles is 1. The van der Waals surface area contributed by atoms with Gasteiger partial charge in [0.05, 0.1) is 32.2 Å². The molecule has 8 heteroatoms. The summed E-state index contributed by atoms with van der Waals surface area (Å²) in [5, 5.41) is 9.30. The first-order valence-corrected chi connectivity index (χ1v) is 9.46. The Morgan fingerprint density at radius 2 is 2.24 bits per heavy atom. The second-order valence-electron chi connectivity index (χ2n) is 4.23. The van der Waals surface area contributed by atoms with Gasteiger partial charge in [-0.3, -0.25) is 0 Å². The maximum absolute atomic E-state index is 12.2. The summed E-state index contributed by atoms with van der Waals surface area (Å²) in [4.78, 5) is 4.28. The third kappa shape index (κ3) is 3.97. The van der Waals surface area contributed by atoms with Crippen molar-refractivity contribution in [3.8, 4) is 6.07 Å². The molecule has 110 valence electrons. The highest BCUT2D eigenvalue weighted by molar-refractivity contribution is 8.02. The minimum Gasteiger partial charge on any atom is -0.375 e. The van der Waals surface area contributed by atoms with Crippen LogP contribution in [0, 0.1) is 18.3 Å². The normalized spacial score (nSPS) is 11.2. The lowest BCUT2D eigenvalue weighted by atomic mass is 10.2. The van der Waals surface area contributed by atoms with Crippen molar-refractivity contribution in [1.29, 1.82) is 5.26 Å². The number of nitrogens with two attached hydrogens (primary N) is 1. The van der Waals surface area contributed by atoms with E-state index in [1.54, 1.807) is 12.1 Å². The largest absolute Gasteiger partial charge is 0.375 e. The average Bonchev–Trinajstić information content (AvgIpc) is 2.77. The van der Waals surface area contributed by atoms with Crippen LogP contribution >= 0.6 is 23.1 Å². The SMILES string of the molecule is Cc1nc(N)sc1SCCS(=O)(=O)c1cccc(C#N)c1. The molecule has 0 unspecified atom stereocenters. The highest BCUT2D eigenvalue weighted by Gasteiger charge is 2.16. The van der Waals surface area contributed by atoms with E-state index in [0.717, 1.165) is 9.90 Å². The van der Waals surface area contributed by atoms with E-state index in [2.05, 4.69) is 4.98 Å². The monoisotopic (exact) mass is 339 g/mol. The molecule has 0 amide bonds. The van der Waals surface area contributed by atoms with Crippen molar-refractivity contribution in [2.24, 2.45) is 0 Å². The zero-order valence-electron chi connectivity index (χ0n) is 11.2. The van der Waals surface area contributed by atoms with Gasteiger partial charge in [-0.05, 0) is 25.1 Å². The third-order valence-electron chi connectivity index (χ3n) is 2.68. The predicted molar refractivity (Wildman–Crippen MR) is 85.2 cm³/mol. The molecule has 21 heavy (non-hydrogen) atoms. The maximum atomic E-state index is 12.2. The Bertz CT molecular complexity index is 791. The van der Waals surface area contributed by atoms with E-state index in [9.17, 15) is 8.42 Å². The van der Waals surface area contributed by atoms with Gasteiger partial charge in [-0.2, -0.15) is 5.26 Å². The number of anilines is 1. The van der Waals surface area contributed by atoms with Crippen LogP contribution in [-0.2, 0) is 9.84 Å². The average molecular weight is 339 g/mol. The maximum Gasteiger partial charge on any atom is 0.181 e. The molecule has 2 rings (SSSR count). The second-order valence-corrected chi connectivity index (χ2v) is 8.74. The first kappa shape index (κ1) is 15.8. The summed E-state index contributed by atoms with van der Waals surface area (Å²) in [7, 11) is -3.39. The van der Waals surface area contributed by atoms with E-state index >= 15 is 0 Å². The molecule has 0 saturated carbocycles. The first-order valence-electron chi connectivity index (χ1n) is 6.01. The summed E-state index contributed by atoms with van der Waals surface area (Å²) in [6.45, 7) is 1.85. The van der Waals surface area contributed by atoms with Gasteiger partial charge in [0.25, 0.3) is 0 Å². The summed E-state index contributed by atoms with van der Waals surface area (Å²) >= 11 is 2.79. The molecule has 0 aliphatic carbocycles. The Labute approximate surface area is 131 Å². The number of thiazole rings is 1. The molecule has 2 aromatic rings. The summed E-state index contributed by atoms with van der Waals surface area (Å²) in [5.41, 5.74) is 6.77. The molecule has 0 fully saturated rings. The number of hydrogen-bond donors (Lipinski definition) is 1. The van der Waals surface area contributed by atoms with Gasteiger partial charge >= 0.3 is 0 Å². The van der Waals surface area contributed by atoms with Crippen LogP contribution in [-0.4, -0.2) is 24.9 Å². The molecule has 0 aliphatic heterocycles. The van der Waals surface area contributed by atoms with Crippen LogP contribution in [0.25, 0.3) is 0 Å². The van der Waals surface area contributed by atoms with Crippen molar-refractivity contribution < 1.29 is 8.42 Å². The zero-order valence-corrected chi connectivity index (χ0v) is 13.7. The van der Waals surface area contributed by atoms with Gasteiger partial charge in [0.15, 0.2) is 15.0 Å². The first-order chi connectivity index (χ1) is 9.92. The molecule has 0 saturated heterocycles. The Hall–Kier alpha value is -1.56. The minimum atomic E-state index is -3.39. The Morgan fingerprint density at radius 1 is 1.48 bits per heavy atom. The number of hydrogen-bond acceptors (Lipinski definition) is 7. The quantitative estimate of drug-likeness (QED) is 0.841. The van der Waals surface area contributed by atoms with Crippen LogP contribution in [0.15, 0.2) is 33.4 Å². The fourth-order valence-corrected chi connectivity index (χ4v) is 5.44. The van der Waals surface area contributed by atoms with Gasteiger partial charge in [0.1, 0.15) is 0 Å². The number of aromatic nitrogens is 1. The van der Waals surface area contributed by atoms with Crippen molar-refractivity contribution in [3.05, 3.63) is 35.5 Å². The van der Waals surface area contributed by atoms with Gasteiger partial charge in [-0.15, -0.1) is 11.8 Å². The third-order valence-corrected chi connectivity index (χ3v) is 7.00. The number of nitrogens with zero attached hydrogens (tertiary/aromatic N) is 2. The number of benzene rings is 1. The number of nitrogen functional groups attached to an aromatic ring is 1. The van der Waals surface area contributed by atoms with Crippen molar-refractivity contribution in [3.63, 3.8) is 0 Å². The molecule has 0 bridgehead atoms. The highest BCUT2D eigenvalue weighted by Crippen LogP contribution is 2.30. The fraction of sp³-hybridized carbons (Fsp3) is 0.231. The number of sulfone groups is 1. The number of rotatable bonds is 5. The summed E-state index contributed by atoms with van der Waals surface area (Å²) in [6, 6.07) is 8.01. The molecule has 5 nitrogen and oxygen atoms in total. The second kappa shape index (κ2) is 6.47. The molecule has 0 spiro atoms. The lowest BCUT2D eigenvalue weighted by molar-refractivity contribution is 0.597. The molecule has 1 aromatic carbocycles. The molecular formula is C13H13N3O2S3. The predicted octanol–water partition coefficient (Wildman–Crippen LogP) is 2.47. The van der Waals surface area contributed by atoms with E-state index in [1.807, 2.05) is 13.0 Å². The Kier molecular flexibility index (Phi) is 4.88. The van der Waals surface area contributed by atoms with Crippen molar-refractivity contribution in [2.45, 2.75) is 16.0 Å². The van der Waals surface area contributed by atoms with E-state index in [4.69, 9.17) is 11.0 Å². The Balaban J connectivity index is 2.05. The van der Waals surface area contributed by atoms with Crippen LogP contribution in [0.3, 0.4) is 0 Å². The topological polar surface area (TPSA) is 96.8 Å². The van der Waals surface area contributed by atoms with E-state index < -0.39 is 9.84 Å². The van der Waals surface area contributed by atoms with Crippen LogP contribution in [0.2, 0.25) is 0 Å². The van der Waals surface area contributed by atoms with Gasteiger partial charge in [-0.1, -0.05) is 17.4 Å². The molecule has 1 aromatic heterocycles. The van der Waals surface area contributed by atoms with Crippen LogP contribution in [0.1, 0.15) is 11.3 Å². The molecule has 0 aliphatic rings. The fourth-order valence-electron chi connectivity index (χ4n) is 1.66. The summed E-state index contributed by atoms with van der Waals surface area (Å²) in [6.07, 6.45) is 0. The zero-order chi connectivity index (χ0) is 15.5. The van der Waals surface area contributed by atoms with Crippen LogP contribution in [0.4, 0.5) is 5.13 Å². The summed E-state index contributed by atoms with van der Waals surface area (Å²) in [5.74, 6) is 0.422. The lowest BCUT2D eigenvalue weighted by Gasteiger charge is -2.04. The smallest absolute Gasteiger partial charge is 0.181 e. The Morgan fingerprint density at radius 3 is 2.86 bits per heavy atom. The van der Waals surface area contributed by atoms with E-state index in [0.29, 0.717) is 16.4 Å². The van der Waals surface area contributed by atoms with E-state index in [-0.39, 0.29) is 10.6 Å². The van der Waals surface area contributed by atoms with Gasteiger partial charge in [0, 0.05) is 5.75 Å². The molecule has 2 N–H and O–H groups in total. The highest BCUT2D eigenvalue weighted by atomic mass is 32.2. The van der Waals surface area contributed by atoms with Crippen LogP contribution in [0.5, 0.6) is 0 Å². The molecule has 0 atom stereocenters. The van der Waals surface area contributed by atoms with Gasteiger partial charge in [-0.25, -0.2) is 13.4 Å². The summed E-state index contributed by atoms with van der Waals surface area (Å²) < 4.78 is 25.4. The van der Waals surface area contributed by atoms with Gasteiger partial charge in [0.2, 0.25) is 0 Å². The molecular weight excluding hydrogens is 326 g/mol. The number of thioether (sulfide) groups is 1. The molecule has 1 heterocycles. The van der Waals surface area contributed by atoms with Gasteiger partial charge < -0.3 is 5.73 Å². The van der Waals surface area contributed by atoms with Crippen molar-refractivity contribution >= 4 is 38.1 Å². The standard InChI is InChI=1S/C13H13N3O2S3/c1-9-12(20-13(15)16-9)19-5-6-21(17,18)11-4-2-3-10(7-11)8-14/h2-4,7H,5-6H2,1H3,(H2,15,16). The number of aryl methyl sites for hydroxylation is 1. The minimum absolute atomic E-state index is 0.00376. The van der Waals surface area contributed by atoms with Crippen molar-refractivity contribution in [1.82, 2.24) is 4.98 Å². The van der Waals surface area contributed by atoms with E-state index in [1.165, 1.54) is 35.2 Å². The molecule has 0 radical (unpaired) electrons. The lowest BCUT2D eigenvalue weighted by Crippen LogP contribution is -2.09. The van der Waals surface area contributed by atoms with Crippen LogP contribution < -0.4 is 5.73 Å².